The molecule has 0 aromatic heterocycles. The summed E-state index contributed by atoms with van der Waals surface area (Å²) in [6.07, 6.45) is 1.86. The van der Waals surface area contributed by atoms with Crippen LogP contribution >= 0.6 is 0 Å². The van der Waals surface area contributed by atoms with Crippen LogP contribution in [0.5, 0.6) is 0 Å². The van der Waals surface area contributed by atoms with Gasteiger partial charge in [-0.15, -0.1) is 0 Å². The van der Waals surface area contributed by atoms with Crippen LogP contribution in [-0.4, -0.2) is 35.8 Å². The maximum atomic E-state index is 12.3. The molecule has 1 fully saturated rings. The molecule has 1 aromatic carbocycles. The lowest BCUT2D eigenvalue weighted by molar-refractivity contribution is -0.143. The number of hydrogen-bond donors (Lipinski definition) is 1. The van der Waals surface area contributed by atoms with Gasteiger partial charge in [0.15, 0.2) is 0 Å². The molecule has 1 aromatic rings. The van der Waals surface area contributed by atoms with E-state index in [1.54, 1.807) is 4.90 Å². The summed E-state index contributed by atoms with van der Waals surface area (Å²) in [5, 5.41) is 2.82. The summed E-state index contributed by atoms with van der Waals surface area (Å²) in [7, 11) is 0. The number of aryl methyl sites for hydroxylation is 2. The van der Waals surface area contributed by atoms with Crippen molar-refractivity contribution in [3.63, 3.8) is 0 Å². The van der Waals surface area contributed by atoms with Crippen LogP contribution in [0, 0.1) is 6.92 Å². The Bertz CT molecular complexity index is 482. The van der Waals surface area contributed by atoms with Gasteiger partial charge in [-0.1, -0.05) is 36.8 Å². The van der Waals surface area contributed by atoms with Crippen LogP contribution in [0.1, 0.15) is 30.9 Å². The van der Waals surface area contributed by atoms with E-state index < -0.39 is 0 Å². The Balaban J connectivity index is 1.93. The molecule has 1 N–H and O–H groups in total. The number of benzene rings is 1. The zero-order valence-corrected chi connectivity index (χ0v) is 12.2. The Morgan fingerprint density at radius 3 is 2.70 bits per heavy atom. The number of carbonyl (C=O) groups excluding carboxylic acids is 2. The second kappa shape index (κ2) is 6.55. The molecule has 20 heavy (non-hydrogen) atoms. The van der Waals surface area contributed by atoms with Gasteiger partial charge in [0, 0.05) is 19.5 Å². The third kappa shape index (κ3) is 3.38. The average Bonchev–Trinajstić information content (AvgIpc) is 2.46. The van der Waals surface area contributed by atoms with Gasteiger partial charge < -0.3 is 10.2 Å². The summed E-state index contributed by atoms with van der Waals surface area (Å²) in [6.45, 7) is 5.17. The van der Waals surface area contributed by atoms with E-state index in [-0.39, 0.29) is 17.9 Å². The Morgan fingerprint density at radius 2 is 2.05 bits per heavy atom. The van der Waals surface area contributed by atoms with Crippen LogP contribution < -0.4 is 5.32 Å². The van der Waals surface area contributed by atoms with Crippen LogP contribution in [-0.2, 0) is 16.0 Å². The Labute approximate surface area is 120 Å². The van der Waals surface area contributed by atoms with Crippen LogP contribution in [0.3, 0.4) is 0 Å². The molecule has 1 atom stereocenters. The average molecular weight is 274 g/mol. The Hall–Kier alpha value is -1.84. The third-order valence-corrected chi connectivity index (χ3v) is 3.79. The van der Waals surface area contributed by atoms with E-state index in [2.05, 4.69) is 29.6 Å². The van der Waals surface area contributed by atoms with E-state index >= 15 is 0 Å². The first-order chi connectivity index (χ1) is 9.61. The van der Waals surface area contributed by atoms with E-state index in [1.807, 2.05) is 13.8 Å². The molecule has 2 rings (SSSR count). The minimum atomic E-state index is -0.297. The molecule has 1 aliphatic rings. The molecular weight excluding hydrogens is 252 g/mol. The molecular formula is C16H22N2O2. The van der Waals surface area contributed by atoms with Crippen molar-refractivity contribution in [1.29, 1.82) is 0 Å². The van der Waals surface area contributed by atoms with Crippen LogP contribution in [0.25, 0.3) is 0 Å². The van der Waals surface area contributed by atoms with E-state index in [0.29, 0.717) is 25.9 Å². The first kappa shape index (κ1) is 14.6. The lowest BCUT2D eigenvalue weighted by Gasteiger charge is -2.34. The van der Waals surface area contributed by atoms with Gasteiger partial charge in [-0.05, 0) is 25.3 Å². The molecule has 108 valence electrons. The highest BCUT2D eigenvalue weighted by atomic mass is 16.2. The highest BCUT2D eigenvalue weighted by Crippen LogP contribution is 2.12. The molecule has 0 radical (unpaired) electrons. The molecule has 1 saturated heterocycles. The predicted octanol–water partition coefficient (Wildman–Crippen LogP) is 1.66. The van der Waals surface area contributed by atoms with Crippen molar-refractivity contribution >= 4 is 11.8 Å². The van der Waals surface area contributed by atoms with Gasteiger partial charge in [0.05, 0.1) is 0 Å². The van der Waals surface area contributed by atoms with Gasteiger partial charge in [0.1, 0.15) is 6.04 Å². The third-order valence-electron chi connectivity index (χ3n) is 3.79. The molecule has 0 saturated carbocycles. The fraction of sp³-hybridized carbons (Fsp3) is 0.500. The fourth-order valence-corrected chi connectivity index (χ4v) is 2.57. The molecule has 2 amide bonds. The molecule has 1 aliphatic heterocycles. The summed E-state index contributed by atoms with van der Waals surface area (Å²) in [4.78, 5) is 25.8. The van der Waals surface area contributed by atoms with Crippen LogP contribution in [0.2, 0.25) is 0 Å². The summed E-state index contributed by atoms with van der Waals surface area (Å²) in [5.74, 6) is 0.0507. The lowest BCUT2D eigenvalue weighted by atomic mass is 10.1. The van der Waals surface area contributed by atoms with Gasteiger partial charge >= 0.3 is 0 Å². The number of amides is 2. The van der Waals surface area contributed by atoms with Crippen LogP contribution in [0.4, 0.5) is 0 Å². The molecule has 1 unspecified atom stereocenters. The van der Waals surface area contributed by atoms with Crippen molar-refractivity contribution in [3.8, 4) is 0 Å². The minimum absolute atomic E-state index is 0.0255. The summed E-state index contributed by atoms with van der Waals surface area (Å²) in [6, 6.07) is 7.94. The monoisotopic (exact) mass is 274 g/mol. The fourth-order valence-electron chi connectivity index (χ4n) is 2.57. The number of piperazine rings is 1. The SMILES string of the molecule is CCC1C(=O)NCCN1C(=O)CCc1ccc(C)cc1. The molecule has 0 bridgehead atoms. The smallest absolute Gasteiger partial charge is 0.242 e. The number of rotatable bonds is 4. The van der Waals surface area contributed by atoms with Crippen molar-refractivity contribution in [1.82, 2.24) is 10.2 Å². The Morgan fingerprint density at radius 1 is 1.35 bits per heavy atom. The van der Waals surface area contributed by atoms with Crippen molar-refractivity contribution in [2.24, 2.45) is 0 Å². The van der Waals surface area contributed by atoms with Gasteiger partial charge in [0.2, 0.25) is 11.8 Å². The number of nitrogens with zero attached hydrogens (tertiary/aromatic N) is 1. The normalized spacial score (nSPS) is 18.8. The largest absolute Gasteiger partial charge is 0.353 e. The standard InChI is InChI=1S/C16H22N2O2/c1-3-14-16(20)17-10-11-18(14)15(19)9-8-13-6-4-12(2)5-7-13/h4-7,14H,3,8-11H2,1-2H3,(H,17,20). The zero-order valence-electron chi connectivity index (χ0n) is 12.2. The van der Waals surface area contributed by atoms with Crippen molar-refractivity contribution in [3.05, 3.63) is 35.4 Å². The summed E-state index contributed by atoms with van der Waals surface area (Å²) in [5.41, 5.74) is 2.39. The van der Waals surface area contributed by atoms with Gasteiger partial charge in [0.25, 0.3) is 0 Å². The predicted molar refractivity (Wildman–Crippen MR) is 78.3 cm³/mol. The second-order valence-corrected chi connectivity index (χ2v) is 5.29. The van der Waals surface area contributed by atoms with E-state index in [1.165, 1.54) is 11.1 Å². The molecule has 4 heteroatoms. The van der Waals surface area contributed by atoms with Gasteiger partial charge in [-0.2, -0.15) is 0 Å². The topological polar surface area (TPSA) is 49.4 Å². The second-order valence-electron chi connectivity index (χ2n) is 5.29. The molecule has 0 aliphatic carbocycles. The van der Waals surface area contributed by atoms with Crippen molar-refractivity contribution < 1.29 is 9.59 Å². The van der Waals surface area contributed by atoms with Gasteiger partial charge in [-0.25, -0.2) is 0 Å². The highest BCUT2D eigenvalue weighted by molar-refractivity contribution is 5.88. The summed E-state index contributed by atoms with van der Waals surface area (Å²) < 4.78 is 0. The molecule has 1 heterocycles. The van der Waals surface area contributed by atoms with Crippen molar-refractivity contribution in [2.45, 2.75) is 39.2 Å². The van der Waals surface area contributed by atoms with Crippen molar-refractivity contribution in [2.75, 3.05) is 13.1 Å². The van der Waals surface area contributed by atoms with Crippen LogP contribution in [0.15, 0.2) is 24.3 Å². The molecule has 0 spiro atoms. The lowest BCUT2D eigenvalue weighted by Crippen LogP contribution is -2.56. The Kier molecular flexibility index (Phi) is 4.77. The minimum Gasteiger partial charge on any atom is -0.353 e. The highest BCUT2D eigenvalue weighted by Gasteiger charge is 2.30. The number of carbonyl (C=O) groups is 2. The maximum Gasteiger partial charge on any atom is 0.242 e. The first-order valence-corrected chi connectivity index (χ1v) is 7.24. The maximum absolute atomic E-state index is 12.3. The first-order valence-electron chi connectivity index (χ1n) is 7.24. The van der Waals surface area contributed by atoms with Gasteiger partial charge in [-0.3, -0.25) is 9.59 Å². The number of hydrogen-bond acceptors (Lipinski definition) is 2. The van der Waals surface area contributed by atoms with E-state index in [9.17, 15) is 9.59 Å². The summed E-state index contributed by atoms with van der Waals surface area (Å²) >= 11 is 0. The quantitative estimate of drug-likeness (QED) is 0.908. The van der Waals surface area contributed by atoms with E-state index in [4.69, 9.17) is 0 Å². The molecule has 4 nitrogen and oxygen atoms in total. The van der Waals surface area contributed by atoms with E-state index in [0.717, 1.165) is 6.42 Å². The number of nitrogens with one attached hydrogen (secondary N) is 1. The zero-order chi connectivity index (χ0) is 14.5.